The zero-order chi connectivity index (χ0) is 19.4. The number of esters is 3. The number of aromatic amines is 1. The van der Waals surface area contributed by atoms with Gasteiger partial charge in [-0.1, -0.05) is 0 Å². The van der Waals surface area contributed by atoms with Crippen molar-refractivity contribution in [3.05, 3.63) is 33.1 Å². The lowest BCUT2D eigenvalue weighted by molar-refractivity contribution is -0.166. The number of carbonyl (C=O) groups excluding carboxylic acids is 3. The van der Waals surface area contributed by atoms with E-state index in [2.05, 4.69) is 0 Å². The van der Waals surface area contributed by atoms with Crippen molar-refractivity contribution in [1.29, 1.82) is 0 Å². The Kier molecular flexibility index (Phi) is 7.43. The molecule has 0 radical (unpaired) electrons. The first-order chi connectivity index (χ1) is 12.2. The number of ether oxygens (including phenoxy) is 4. The van der Waals surface area contributed by atoms with E-state index in [9.17, 15) is 24.0 Å². The number of hydrogen-bond donors (Lipinski definition) is 1. The minimum Gasteiger partial charge on any atom is -0.463 e. The highest BCUT2D eigenvalue weighted by atomic mass is 16.7. The molecule has 1 aliphatic rings. The molecule has 27 heavy (non-hydrogen) atoms. The molecule has 1 aliphatic heterocycles. The predicted octanol–water partition coefficient (Wildman–Crippen LogP) is -1.96. The normalized spacial score (nSPS) is 23.8. The number of hydrogen-bond acceptors (Lipinski definition) is 9. The van der Waals surface area contributed by atoms with E-state index in [4.69, 9.17) is 18.9 Å². The van der Waals surface area contributed by atoms with Crippen molar-refractivity contribution in [2.45, 2.75) is 45.3 Å². The zero-order valence-electron chi connectivity index (χ0n) is 14.8. The Hall–Kier alpha value is -2.99. The molecule has 0 unspecified atom stereocenters. The molecule has 0 aliphatic carbocycles. The van der Waals surface area contributed by atoms with Gasteiger partial charge in [-0.15, -0.1) is 0 Å². The number of nitrogens with one attached hydrogen (secondary N) is 1. The first-order valence-electron chi connectivity index (χ1n) is 7.63. The highest BCUT2D eigenvalue weighted by Crippen LogP contribution is 2.33. The fraction of sp³-hybridized carbons (Fsp3) is 0.533. The van der Waals surface area contributed by atoms with E-state index in [0.29, 0.717) is 0 Å². The zero-order valence-corrected chi connectivity index (χ0v) is 14.8. The van der Waals surface area contributed by atoms with Gasteiger partial charge < -0.3 is 24.4 Å². The molecule has 12 heteroatoms. The maximum absolute atomic E-state index is 12.1. The van der Waals surface area contributed by atoms with Crippen LogP contribution in [-0.2, 0) is 33.3 Å². The van der Waals surface area contributed by atoms with Gasteiger partial charge in [0.05, 0.1) is 0 Å². The number of rotatable bonds is 5. The Morgan fingerprint density at radius 3 is 2.19 bits per heavy atom. The van der Waals surface area contributed by atoms with E-state index in [1.807, 2.05) is 4.98 Å². The Morgan fingerprint density at radius 2 is 1.67 bits per heavy atom. The molecule has 0 saturated carbocycles. The van der Waals surface area contributed by atoms with Gasteiger partial charge in [0.15, 0.2) is 18.4 Å². The van der Waals surface area contributed by atoms with Gasteiger partial charge in [-0.05, 0) is 0 Å². The van der Waals surface area contributed by atoms with Crippen LogP contribution in [0, 0.1) is 0 Å². The van der Waals surface area contributed by atoms with E-state index in [1.165, 1.54) is 6.92 Å². The SMILES string of the molecule is CC(=O)OC[C@H]1O[C@@H](n2ccc(=O)[nH]c2=O)[C@H](OC(C)=O)[C@@H]1OC(C)=O.O. The molecule has 1 aromatic rings. The van der Waals surface area contributed by atoms with E-state index in [1.54, 1.807) is 0 Å². The van der Waals surface area contributed by atoms with E-state index >= 15 is 0 Å². The molecule has 2 rings (SSSR count). The Morgan fingerprint density at radius 1 is 1.07 bits per heavy atom. The van der Waals surface area contributed by atoms with Crippen molar-refractivity contribution in [3.63, 3.8) is 0 Å². The van der Waals surface area contributed by atoms with Crippen molar-refractivity contribution in [2.24, 2.45) is 0 Å². The summed E-state index contributed by atoms with van der Waals surface area (Å²) in [4.78, 5) is 59.3. The van der Waals surface area contributed by atoms with E-state index in [-0.39, 0.29) is 12.1 Å². The minimum atomic E-state index is -1.20. The second-order valence-corrected chi connectivity index (χ2v) is 5.53. The Labute approximate surface area is 152 Å². The summed E-state index contributed by atoms with van der Waals surface area (Å²) in [6.45, 7) is 3.17. The van der Waals surface area contributed by atoms with Gasteiger partial charge in [-0.2, -0.15) is 0 Å². The Bertz CT molecular complexity index is 813. The topological polar surface area (TPSA) is 174 Å². The summed E-state index contributed by atoms with van der Waals surface area (Å²) < 4.78 is 21.9. The van der Waals surface area contributed by atoms with Gasteiger partial charge in [-0.3, -0.25) is 28.7 Å². The molecule has 3 N–H and O–H groups in total. The molecular formula is C15H20N2O10. The van der Waals surface area contributed by atoms with Crippen LogP contribution in [0.5, 0.6) is 0 Å². The maximum atomic E-state index is 12.1. The van der Waals surface area contributed by atoms with E-state index < -0.39 is 53.7 Å². The molecule has 0 spiro atoms. The fourth-order valence-electron chi connectivity index (χ4n) is 2.54. The van der Waals surface area contributed by atoms with Gasteiger partial charge >= 0.3 is 23.6 Å². The maximum Gasteiger partial charge on any atom is 0.330 e. The van der Waals surface area contributed by atoms with Crippen LogP contribution in [0.15, 0.2) is 21.9 Å². The van der Waals surface area contributed by atoms with Crippen LogP contribution >= 0.6 is 0 Å². The van der Waals surface area contributed by atoms with Crippen molar-refractivity contribution >= 4 is 17.9 Å². The predicted molar refractivity (Wildman–Crippen MR) is 86.6 cm³/mol. The highest BCUT2D eigenvalue weighted by Gasteiger charge is 2.50. The summed E-state index contributed by atoms with van der Waals surface area (Å²) in [5, 5.41) is 0. The molecule has 1 aromatic heterocycles. The van der Waals surface area contributed by atoms with Crippen molar-refractivity contribution in [1.82, 2.24) is 9.55 Å². The third-order valence-electron chi connectivity index (χ3n) is 3.47. The quantitative estimate of drug-likeness (QED) is 0.443. The second-order valence-electron chi connectivity index (χ2n) is 5.53. The largest absolute Gasteiger partial charge is 0.463 e. The first kappa shape index (κ1) is 22.1. The number of nitrogens with zero attached hydrogens (tertiary/aromatic N) is 1. The average Bonchev–Trinajstić information content (AvgIpc) is 2.82. The monoisotopic (exact) mass is 388 g/mol. The van der Waals surface area contributed by atoms with Crippen LogP contribution in [0.3, 0.4) is 0 Å². The fourth-order valence-corrected chi connectivity index (χ4v) is 2.54. The molecule has 1 saturated heterocycles. The summed E-state index contributed by atoms with van der Waals surface area (Å²) in [6.07, 6.45) is -3.36. The lowest BCUT2D eigenvalue weighted by Crippen LogP contribution is -2.42. The minimum absolute atomic E-state index is 0. The summed E-state index contributed by atoms with van der Waals surface area (Å²) in [5.41, 5.74) is -1.43. The summed E-state index contributed by atoms with van der Waals surface area (Å²) in [6, 6.07) is 1.08. The molecule has 150 valence electrons. The van der Waals surface area contributed by atoms with Gasteiger partial charge in [0.25, 0.3) is 5.56 Å². The lowest BCUT2D eigenvalue weighted by Gasteiger charge is -2.23. The van der Waals surface area contributed by atoms with Crippen LogP contribution in [0.1, 0.15) is 27.0 Å². The highest BCUT2D eigenvalue weighted by molar-refractivity contribution is 5.67. The molecule has 12 nitrogen and oxygen atoms in total. The number of carbonyl (C=O) groups is 3. The van der Waals surface area contributed by atoms with Crippen LogP contribution in [0.2, 0.25) is 0 Å². The van der Waals surface area contributed by atoms with Crippen molar-refractivity contribution in [3.8, 4) is 0 Å². The van der Waals surface area contributed by atoms with Gasteiger partial charge in [-0.25, -0.2) is 4.79 Å². The van der Waals surface area contributed by atoms with Gasteiger partial charge in [0, 0.05) is 33.0 Å². The second kappa shape index (κ2) is 9.09. The molecule has 0 bridgehead atoms. The first-order valence-corrected chi connectivity index (χ1v) is 7.63. The number of aromatic nitrogens is 2. The molecule has 0 amide bonds. The van der Waals surface area contributed by atoms with E-state index in [0.717, 1.165) is 30.7 Å². The van der Waals surface area contributed by atoms with Crippen LogP contribution < -0.4 is 11.2 Å². The number of H-pyrrole nitrogens is 1. The average molecular weight is 388 g/mol. The Balaban J connectivity index is 0.00000364. The lowest BCUT2D eigenvalue weighted by atomic mass is 10.1. The van der Waals surface area contributed by atoms with Crippen LogP contribution in [-0.4, -0.2) is 57.9 Å². The smallest absolute Gasteiger partial charge is 0.330 e. The van der Waals surface area contributed by atoms with Crippen LogP contribution in [0.4, 0.5) is 0 Å². The van der Waals surface area contributed by atoms with Gasteiger partial charge in [0.1, 0.15) is 12.7 Å². The molecule has 0 aromatic carbocycles. The van der Waals surface area contributed by atoms with Crippen LogP contribution in [0.25, 0.3) is 0 Å². The van der Waals surface area contributed by atoms with Gasteiger partial charge in [0.2, 0.25) is 0 Å². The molecule has 1 fully saturated rings. The third kappa shape index (κ3) is 5.49. The summed E-state index contributed by atoms with van der Waals surface area (Å²) >= 11 is 0. The standard InChI is InChI=1S/C15H18N2O9.H2O/c1-7(18)23-6-10-12(24-8(2)19)13(25-9(3)20)14(26-10)17-5-4-11(21)16-15(17)22;/h4-5,10,12-14H,6H2,1-3H3,(H,16,21,22);1H2/t10-,12-,13-,14-;/m1./s1. The third-order valence-corrected chi connectivity index (χ3v) is 3.47. The summed E-state index contributed by atoms with van der Waals surface area (Å²) in [7, 11) is 0. The van der Waals surface area contributed by atoms with Crippen molar-refractivity contribution < 1.29 is 38.8 Å². The molecule has 4 atom stereocenters. The molecule has 2 heterocycles. The van der Waals surface area contributed by atoms with Crippen molar-refractivity contribution in [2.75, 3.05) is 6.61 Å². The molecular weight excluding hydrogens is 368 g/mol. The summed E-state index contributed by atoms with van der Waals surface area (Å²) in [5.74, 6) is -1.98.